The Morgan fingerprint density at radius 2 is 1.68 bits per heavy atom. The first-order chi connectivity index (χ1) is 16.4. The smallest absolute Gasteiger partial charge is 0.246 e. The van der Waals surface area contributed by atoms with Gasteiger partial charge in [0.15, 0.2) is 0 Å². The highest BCUT2D eigenvalue weighted by molar-refractivity contribution is 5.91. The molecule has 2 aromatic carbocycles. The predicted octanol–water partition coefficient (Wildman–Crippen LogP) is 2.81. The maximum Gasteiger partial charge on any atom is 0.246 e. The van der Waals surface area contributed by atoms with Crippen molar-refractivity contribution in [3.05, 3.63) is 54.3 Å². The van der Waals surface area contributed by atoms with Crippen molar-refractivity contribution in [3.8, 4) is 11.4 Å². The zero-order valence-corrected chi connectivity index (χ0v) is 19.3. The molecule has 10 heteroatoms. The summed E-state index contributed by atoms with van der Waals surface area (Å²) in [7, 11) is 0. The normalized spacial score (nSPS) is 13.9. The Morgan fingerprint density at radius 1 is 1.00 bits per heavy atom. The first-order valence-corrected chi connectivity index (χ1v) is 11.3. The molecule has 0 atom stereocenters. The van der Waals surface area contributed by atoms with E-state index in [9.17, 15) is 14.0 Å². The molecule has 3 aromatic rings. The zero-order chi connectivity index (χ0) is 24.1. The van der Waals surface area contributed by atoms with Crippen LogP contribution in [0.3, 0.4) is 0 Å². The van der Waals surface area contributed by atoms with Gasteiger partial charge in [-0.25, -0.2) is 4.39 Å². The number of rotatable bonds is 7. The van der Waals surface area contributed by atoms with Crippen molar-refractivity contribution in [2.45, 2.75) is 26.8 Å². The minimum atomic E-state index is -0.262. The molecule has 2 amide bonds. The quantitative estimate of drug-likeness (QED) is 0.577. The van der Waals surface area contributed by atoms with E-state index in [2.05, 4.69) is 25.6 Å². The highest BCUT2D eigenvalue weighted by Gasteiger charge is 2.22. The third-order valence-corrected chi connectivity index (χ3v) is 5.57. The summed E-state index contributed by atoms with van der Waals surface area (Å²) in [6, 6.07) is 13.6. The van der Waals surface area contributed by atoms with Gasteiger partial charge >= 0.3 is 0 Å². The van der Waals surface area contributed by atoms with Gasteiger partial charge in [-0.05, 0) is 59.7 Å². The molecule has 4 rings (SSSR count). The Labute approximate surface area is 197 Å². The molecule has 1 aliphatic rings. The van der Waals surface area contributed by atoms with E-state index < -0.39 is 0 Å². The van der Waals surface area contributed by atoms with E-state index >= 15 is 0 Å². The predicted molar refractivity (Wildman–Crippen MR) is 127 cm³/mol. The van der Waals surface area contributed by atoms with Gasteiger partial charge in [0.2, 0.25) is 17.6 Å². The summed E-state index contributed by atoms with van der Waals surface area (Å²) >= 11 is 0. The van der Waals surface area contributed by atoms with Crippen LogP contribution >= 0.6 is 0 Å². The number of amides is 2. The lowest BCUT2D eigenvalue weighted by Crippen LogP contribution is -2.49. The Hall–Kier alpha value is -3.82. The summed E-state index contributed by atoms with van der Waals surface area (Å²) in [4.78, 5) is 29.8. The molecule has 0 spiro atoms. The number of anilines is 2. The number of tetrazole rings is 1. The fourth-order valence-electron chi connectivity index (χ4n) is 3.80. The summed E-state index contributed by atoms with van der Waals surface area (Å²) in [5.74, 6) is 0.338. The molecule has 1 fully saturated rings. The van der Waals surface area contributed by atoms with Gasteiger partial charge in [-0.1, -0.05) is 13.8 Å². The number of carbonyl (C=O) groups is 2. The first-order valence-electron chi connectivity index (χ1n) is 11.3. The molecule has 1 aromatic heterocycles. The van der Waals surface area contributed by atoms with Crippen molar-refractivity contribution in [2.24, 2.45) is 5.92 Å². The maximum atomic E-state index is 13.1. The molecule has 0 aliphatic carbocycles. The van der Waals surface area contributed by atoms with Crippen LogP contribution in [-0.4, -0.2) is 63.1 Å². The molecule has 1 aliphatic heterocycles. The van der Waals surface area contributed by atoms with Gasteiger partial charge in [-0.3, -0.25) is 9.59 Å². The molecule has 0 unspecified atom stereocenters. The van der Waals surface area contributed by atoms with E-state index in [1.807, 2.05) is 26.0 Å². The summed E-state index contributed by atoms with van der Waals surface area (Å²) in [6.45, 7) is 6.49. The largest absolute Gasteiger partial charge is 0.368 e. The molecule has 2 heterocycles. The SMILES string of the molecule is CC(C)CC(=O)Nc1ccc(-c2nnn(CC(=O)N3CCN(c4ccc(F)cc4)CC3)n2)cc1. The third kappa shape index (κ3) is 5.94. The van der Waals surface area contributed by atoms with Crippen molar-refractivity contribution < 1.29 is 14.0 Å². The van der Waals surface area contributed by atoms with Gasteiger partial charge < -0.3 is 15.1 Å². The van der Waals surface area contributed by atoms with Gasteiger partial charge in [0.05, 0.1) is 0 Å². The van der Waals surface area contributed by atoms with Crippen LogP contribution in [0.4, 0.5) is 15.8 Å². The molecule has 178 valence electrons. The number of aromatic nitrogens is 4. The van der Waals surface area contributed by atoms with E-state index in [0.29, 0.717) is 50.0 Å². The van der Waals surface area contributed by atoms with Crippen LogP contribution in [0.25, 0.3) is 11.4 Å². The van der Waals surface area contributed by atoms with Gasteiger partial charge in [0, 0.05) is 49.5 Å². The molecular formula is C24H28FN7O2. The second-order valence-electron chi connectivity index (χ2n) is 8.71. The second-order valence-corrected chi connectivity index (χ2v) is 8.71. The monoisotopic (exact) mass is 465 g/mol. The minimum Gasteiger partial charge on any atom is -0.368 e. The van der Waals surface area contributed by atoms with Crippen LogP contribution in [-0.2, 0) is 16.1 Å². The first kappa shape index (κ1) is 23.3. The molecule has 0 saturated carbocycles. The fourth-order valence-corrected chi connectivity index (χ4v) is 3.80. The summed E-state index contributed by atoms with van der Waals surface area (Å²) in [5.41, 5.74) is 2.40. The van der Waals surface area contributed by atoms with Gasteiger partial charge in [0.25, 0.3) is 0 Å². The fraction of sp³-hybridized carbons (Fsp3) is 0.375. The molecule has 34 heavy (non-hydrogen) atoms. The van der Waals surface area contributed by atoms with Crippen molar-refractivity contribution >= 4 is 23.2 Å². The minimum absolute atomic E-state index is 0.00684. The number of benzene rings is 2. The van der Waals surface area contributed by atoms with Crippen LogP contribution in [0.1, 0.15) is 20.3 Å². The molecule has 0 bridgehead atoms. The van der Waals surface area contributed by atoms with E-state index in [4.69, 9.17) is 0 Å². The van der Waals surface area contributed by atoms with Gasteiger partial charge in [-0.15, -0.1) is 10.2 Å². The van der Waals surface area contributed by atoms with Gasteiger partial charge in [0.1, 0.15) is 12.4 Å². The highest BCUT2D eigenvalue weighted by atomic mass is 19.1. The van der Waals surface area contributed by atoms with E-state index in [0.717, 1.165) is 11.3 Å². The van der Waals surface area contributed by atoms with Crippen molar-refractivity contribution in [1.82, 2.24) is 25.1 Å². The van der Waals surface area contributed by atoms with Gasteiger partial charge in [-0.2, -0.15) is 4.80 Å². The number of hydrogen-bond acceptors (Lipinski definition) is 6. The Bertz CT molecular complexity index is 1120. The molecule has 1 saturated heterocycles. The number of piperazine rings is 1. The summed E-state index contributed by atoms with van der Waals surface area (Å²) < 4.78 is 13.1. The number of hydrogen-bond donors (Lipinski definition) is 1. The number of nitrogens with one attached hydrogen (secondary N) is 1. The second kappa shape index (κ2) is 10.4. The summed E-state index contributed by atoms with van der Waals surface area (Å²) in [5, 5.41) is 15.3. The summed E-state index contributed by atoms with van der Waals surface area (Å²) in [6.07, 6.45) is 0.465. The molecule has 0 radical (unpaired) electrons. The van der Waals surface area contributed by atoms with Crippen LogP contribution in [0, 0.1) is 11.7 Å². The Balaban J connectivity index is 1.29. The third-order valence-electron chi connectivity index (χ3n) is 5.57. The van der Waals surface area contributed by atoms with Crippen LogP contribution in [0.15, 0.2) is 48.5 Å². The lowest BCUT2D eigenvalue weighted by Gasteiger charge is -2.36. The maximum absolute atomic E-state index is 13.1. The number of halogens is 1. The number of nitrogens with zero attached hydrogens (tertiary/aromatic N) is 6. The Morgan fingerprint density at radius 3 is 2.32 bits per heavy atom. The highest BCUT2D eigenvalue weighted by Crippen LogP contribution is 2.19. The van der Waals surface area contributed by atoms with Crippen LogP contribution in [0.2, 0.25) is 0 Å². The Kier molecular flexibility index (Phi) is 7.15. The standard InChI is InChI=1S/C24H28FN7O2/c1-17(2)15-22(33)26-20-7-3-18(4-8-20)24-27-29-32(28-24)16-23(34)31-13-11-30(12-14-31)21-9-5-19(25)6-10-21/h3-10,17H,11-16H2,1-2H3,(H,26,33). The topological polar surface area (TPSA) is 96.2 Å². The number of carbonyl (C=O) groups excluding carboxylic acids is 2. The molecular weight excluding hydrogens is 437 g/mol. The average Bonchev–Trinajstić information content (AvgIpc) is 3.28. The van der Waals surface area contributed by atoms with Crippen molar-refractivity contribution in [2.75, 3.05) is 36.4 Å². The van der Waals surface area contributed by atoms with Crippen LogP contribution < -0.4 is 10.2 Å². The molecule has 1 N–H and O–H groups in total. The van der Waals surface area contributed by atoms with Crippen molar-refractivity contribution in [1.29, 1.82) is 0 Å². The van der Waals surface area contributed by atoms with E-state index in [1.165, 1.54) is 16.9 Å². The van der Waals surface area contributed by atoms with Crippen molar-refractivity contribution in [3.63, 3.8) is 0 Å². The lowest BCUT2D eigenvalue weighted by atomic mass is 10.1. The lowest BCUT2D eigenvalue weighted by molar-refractivity contribution is -0.132. The van der Waals surface area contributed by atoms with Crippen LogP contribution in [0.5, 0.6) is 0 Å². The van der Waals surface area contributed by atoms with E-state index in [1.54, 1.807) is 29.2 Å². The zero-order valence-electron chi connectivity index (χ0n) is 19.3. The average molecular weight is 466 g/mol. The van der Waals surface area contributed by atoms with E-state index in [-0.39, 0.29) is 24.2 Å². The molecule has 9 nitrogen and oxygen atoms in total.